The van der Waals surface area contributed by atoms with Gasteiger partial charge < -0.3 is 45.9 Å². The van der Waals surface area contributed by atoms with Crippen LogP contribution >= 0.6 is 0 Å². The third kappa shape index (κ3) is 9.14. The maximum Gasteiger partial charge on any atom is 0.251 e. The van der Waals surface area contributed by atoms with Gasteiger partial charge in [-0.15, -0.1) is 0 Å². The number of anilines is 4. The molecule has 0 radical (unpaired) electrons. The summed E-state index contributed by atoms with van der Waals surface area (Å²) in [4.78, 5) is 26.6. The van der Waals surface area contributed by atoms with E-state index in [1.54, 1.807) is 12.1 Å². The molecule has 6 N–H and O–H groups in total. The standard InChI is InChI=1S/C30H40N8O5/c31-12-14-40-16-17-41-15-13-32-27(39)21-6-4-10-24(18-21)35-30-37-28(36-29(38-30)34-23-8-2-1-3-9-23)33-19-22-7-5-11-25-26(22)43-20-42-25/h4-7,10-11,18,23H,1-3,8-9,12-17,19-20,31H2,(H,32,39)(H3,33,34,35,36,37,38). The van der Waals surface area contributed by atoms with Gasteiger partial charge in [-0.3, -0.25) is 4.79 Å². The molecule has 1 aromatic heterocycles. The van der Waals surface area contributed by atoms with Gasteiger partial charge in [0.2, 0.25) is 24.6 Å². The van der Waals surface area contributed by atoms with Crippen molar-refractivity contribution in [2.45, 2.75) is 44.7 Å². The van der Waals surface area contributed by atoms with Crippen molar-refractivity contribution in [3.8, 4) is 11.5 Å². The van der Waals surface area contributed by atoms with Gasteiger partial charge in [0.25, 0.3) is 5.91 Å². The first-order valence-electron chi connectivity index (χ1n) is 14.8. The quantitative estimate of drug-likeness (QED) is 0.154. The maximum absolute atomic E-state index is 12.7. The van der Waals surface area contributed by atoms with Crippen LogP contribution in [-0.2, 0) is 16.0 Å². The van der Waals surface area contributed by atoms with Crippen LogP contribution in [0.3, 0.4) is 0 Å². The zero-order chi connectivity index (χ0) is 29.7. The second-order valence-corrected chi connectivity index (χ2v) is 10.3. The van der Waals surface area contributed by atoms with Gasteiger partial charge in [-0.1, -0.05) is 37.5 Å². The van der Waals surface area contributed by atoms with Crippen LogP contribution in [0.15, 0.2) is 42.5 Å². The van der Waals surface area contributed by atoms with Crippen molar-refractivity contribution in [2.75, 3.05) is 62.3 Å². The number of hydrogen-bond acceptors (Lipinski definition) is 12. The van der Waals surface area contributed by atoms with Crippen LogP contribution in [0.4, 0.5) is 23.5 Å². The summed E-state index contributed by atoms with van der Waals surface area (Å²) in [5.41, 5.74) is 7.51. The van der Waals surface area contributed by atoms with Crippen LogP contribution < -0.4 is 36.5 Å². The predicted octanol–water partition coefficient (Wildman–Crippen LogP) is 3.42. The Balaban J connectivity index is 1.22. The van der Waals surface area contributed by atoms with Crippen LogP contribution in [0.5, 0.6) is 11.5 Å². The van der Waals surface area contributed by atoms with Crippen molar-refractivity contribution in [1.29, 1.82) is 0 Å². The molecule has 13 nitrogen and oxygen atoms in total. The van der Waals surface area contributed by atoms with Crippen molar-refractivity contribution >= 4 is 29.4 Å². The lowest BCUT2D eigenvalue weighted by molar-refractivity contribution is 0.0511. The van der Waals surface area contributed by atoms with Crippen LogP contribution in [0.1, 0.15) is 48.0 Å². The molecule has 3 aromatic rings. The Morgan fingerprint density at radius 3 is 2.56 bits per heavy atom. The molecule has 1 saturated carbocycles. The van der Waals surface area contributed by atoms with Crippen molar-refractivity contribution in [2.24, 2.45) is 5.73 Å². The Labute approximate surface area is 251 Å². The third-order valence-corrected chi connectivity index (χ3v) is 7.04. The zero-order valence-corrected chi connectivity index (χ0v) is 24.3. The van der Waals surface area contributed by atoms with E-state index in [0.717, 1.165) is 29.9 Å². The van der Waals surface area contributed by atoms with E-state index in [2.05, 4.69) is 36.2 Å². The lowest BCUT2D eigenvalue weighted by Gasteiger charge is -2.23. The molecule has 0 saturated heterocycles. The first-order valence-corrected chi connectivity index (χ1v) is 14.8. The number of rotatable bonds is 16. The van der Waals surface area contributed by atoms with Crippen molar-refractivity contribution in [1.82, 2.24) is 20.3 Å². The van der Waals surface area contributed by atoms with Crippen LogP contribution in [0, 0.1) is 0 Å². The van der Waals surface area contributed by atoms with E-state index in [0.29, 0.717) is 81.2 Å². The fourth-order valence-electron chi connectivity index (χ4n) is 4.92. The molecule has 1 aliphatic heterocycles. The predicted molar refractivity (Wildman–Crippen MR) is 163 cm³/mol. The fourth-order valence-corrected chi connectivity index (χ4v) is 4.92. The number of aromatic nitrogens is 3. The van der Waals surface area contributed by atoms with Crippen LogP contribution in [0.25, 0.3) is 0 Å². The molecule has 2 heterocycles. The number of amides is 1. The Hall–Kier alpha value is -4.20. The number of carbonyl (C=O) groups is 1. The Morgan fingerprint density at radius 2 is 1.70 bits per heavy atom. The summed E-state index contributed by atoms with van der Waals surface area (Å²) in [7, 11) is 0. The molecule has 1 aliphatic carbocycles. The molecule has 13 heteroatoms. The highest BCUT2D eigenvalue weighted by Crippen LogP contribution is 2.35. The molecular formula is C30H40N8O5. The Bertz CT molecular complexity index is 1340. The van der Waals surface area contributed by atoms with Gasteiger partial charge in [0.15, 0.2) is 11.5 Å². The molecule has 0 atom stereocenters. The van der Waals surface area contributed by atoms with Crippen molar-refractivity contribution in [3.63, 3.8) is 0 Å². The van der Waals surface area contributed by atoms with E-state index in [1.807, 2.05) is 30.3 Å². The molecule has 43 heavy (non-hydrogen) atoms. The minimum atomic E-state index is -0.203. The van der Waals surface area contributed by atoms with E-state index in [1.165, 1.54) is 19.3 Å². The van der Waals surface area contributed by atoms with Gasteiger partial charge in [-0.05, 0) is 37.1 Å². The molecular weight excluding hydrogens is 552 g/mol. The minimum Gasteiger partial charge on any atom is -0.454 e. The van der Waals surface area contributed by atoms with E-state index >= 15 is 0 Å². The second kappa shape index (κ2) is 15.9. The number of para-hydroxylation sites is 1. The summed E-state index contributed by atoms with van der Waals surface area (Å²) in [5.74, 6) is 2.51. The largest absolute Gasteiger partial charge is 0.454 e. The van der Waals surface area contributed by atoms with Gasteiger partial charge >= 0.3 is 0 Å². The lowest BCUT2D eigenvalue weighted by atomic mass is 9.96. The molecule has 230 valence electrons. The summed E-state index contributed by atoms with van der Waals surface area (Å²) in [6, 6.07) is 13.3. The zero-order valence-electron chi connectivity index (χ0n) is 24.3. The van der Waals surface area contributed by atoms with Crippen LogP contribution in [0.2, 0.25) is 0 Å². The highest BCUT2D eigenvalue weighted by atomic mass is 16.7. The normalized spacial score (nSPS) is 14.3. The average molecular weight is 593 g/mol. The maximum atomic E-state index is 12.7. The number of carbonyl (C=O) groups excluding carboxylic acids is 1. The van der Waals surface area contributed by atoms with E-state index < -0.39 is 0 Å². The summed E-state index contributed by atoms with van der Waals surface area (Å²) < 4.78 is 21.9. The van der Waals surface area contributed by atoms with Gasteiger partial charge in [-0.25, -0.2) is 0 Å². The highest BCUT2D eigenvalue weighted by molar-refractivity contribution is 5.95. The molecule has 1 amide bonds. The topological polar surface area (TPSA) is 167 Å². The molecule has 2 aromatic carbocycles. The van der Waals surface area contributed by atoms with Gasteiger partial charge in [0, 0.05) is 42.5 Å². The minimum absolute atomic E-state index is 0.203. The van der Waals surface area contributed by atoms with Gasteiger partial charge in [-0.2, -0.15) is 15.0 Å². The number of nitrogens with one attached hydrogen (secondary N) is 4. The average Bonchev–Trinajstić information content (AvgIpc) is 3.52. The Morgan fingerprint density at radius 1 is 0.907 bits per heavy atom. The number of nitrogens with two attached hydrogens (primary N) is 1. The van der Waals surface area contributed by atoms with Crippen molar-refractivity contribution in [3.05, 3.63) is 53.6 Å². The summed E-state index contributed by atoms with van der Waals surface area (Å²) in [6.45, 7) is 3.33. The Kier molecular flexibility index (Phi) is 11.2. The number of hydrogen-bond donors (Lipinski definition) is 5. The highest BCUT2D eigenvalue weighted by Gasteiger charge is 2.19. The summed E-state index contributed by atoms with van der Waals surface area (Å²) in [5, 5.41) is 12.9. The lowest BCUT2D eigenvalue weighted by Crippen LogP contribution is -2.27. The number of ether oxygens (including phenoxy) is 4. The summed E-state index contributed by atoms with van der Waals surface area (Å²) in [6.07, 6.45) is 5.78. The summed E-state index contributed by atoms with van der Waals surface area (Å²) >= 11 is 0. The van der Waals surface area contributed by atoms with E-state index in [4.69, 9.17) is 24.7 Å². The smallest absolute Gasteiger partial charge is 0.251 e. The van der Waals surface area contributed by atoms with E-state index in [-0.39, 0.29) is 12.7 Å². The first kappa shape index (κ1) is 30.3. The molecule has 0 spiro atoms. The molecule has 1 fully saturated rings. The van der Waals surface area contributed by atoms with Crippen molar-refractivity contribution < 1.29 is 23.7 Å². The molecule has 0 unspecified atom stereocenters. The number of nitrogens with zero attached hydrogens (tertiary/aromatic N) is 3. The second-order valence-electron chi connectivity index (χ2n) is 10.3. The van der Waals surface area contributed by atoms with Gasteiger partial charge in [0.05, 0.1) is 26.4 Å². The SMILES string of the molecule is NCCOCCOCCNC(=O)c1cccc(Nc2nc(NCc3cccc4c3OCO4)nc(NC3CCCCC3)n2)c1. The van der Waals surface area contributed by atoms with Crippen LogP contribution in [-0.4, -0.2) is 73.2 Å². The monoisotopic (exact) mass is 592 g/mol. The number of benzene rings is 2. The molecule has 2 aliphatic rings. The molecule has 0 bridgehead atoms. The third-order valence-electron chi connectivity index (χ3n) is 7.04. The first-order chi connectivity index (χ1) is 21.2. The van der Waals surface area contributed by atoms with Gasteiger partial charge in [0.1, 0.15) is 0 Å². The fraction of sp³-hybridized carbons (Fsp3) is 0.467. The molecule has 5 rings (SSSR count). The number of fused-ring (bicyclic) bond motifs is 1. The van der Waals surface area contributed by atoms with E-state index in [9.17, 15) is 4.79 Å².